The number of carboxylic acid groups (broad SMARTS) is 1. The van der Waals surface area contributed by atoms with Crippen LogP contribution in [0, 0.1) is 0 Å². The quantitative estimate of drug-likeness (QED) is 0.737. The summed E-state index contributed by atoms with van der Waals surface area (Å²) in [4.78, 5) is 11.0. The SMILES string of the molecule is Nc1c(Nc2ccc(OC(F)F)cc2)cccc1C(=O)O. The summed E-state index contributed by atoms with van der Waals surface area (Å²) in [6.07, 6.45) is 0. The summed E-state index contributed by atoms with van der Waals surface area (Å²) < 4.78 is 28.3. The maximum Gasteiger partial charge on any atom is 0.387 e. The molecule has 0 spiro atoms. The van der Waals surface area contributed by atoms with Crippen LogP contribution in [-0.2, 0) is 0 Å². The Kier molecular flexibility index (Phi) is 4.22. The number of hydrogen-bond donors (Lipinski definition) is 3. The molecule has 0 saturated heterocycles. The molecule has 0 saturated carbocycles. The van der Waals surface area contributed by atoms with Crippen LogP contribution < -0.4 is 15.8 Å². The van der Waals surface area contributed by atoms with Gasteiger partial charge in [-0.1, -0.05) is 6.07 Å². The van der Waals surface area contributed by atoms with Gasteiger partial charge in [0, 0.05) is 5.69 Å². The number of ether oxygens (including phenoxy) is 1. The predicted molar refractivity (Wildman–Crippen MR) is 74.2 cm³/mol. The van der Waals surface area contributed by atoms with Crippen LogP contribution in [0.2, 0.25) is 0 Å². The van der Waals surface area contributed by atoms with Gasteiger partial charge in [-0.2, -0.15) is 8.78 Å². The summed E-state index contributed by atoms with van der Waals surface area (Å²) in [5.41, 5.74) is 6.82. The Hall–Kier alpha value is -2.83. The predicted octanol–water partition coefficient (Wildman–Crippen LogP) is 3.31. The third-order valence-electron chi connectivity index (χ3n) is 2.70. The molecule has 0 radical (unpaired) electrons. The molecule has 2 aromatic carbocycles. The molecule has 0 aliphatic rings. The lowest BCUT2D eigenvalue weighted by Crippen LogP contribution is -2.05. The summed E-state index contributed by atoms with van der Waals surface area (Å²) in [6, 6.07) is 10.3. The molecular formula is C14H12F2N2O3. The van der Waals surface area contributed by atoms with E-state index in [-0.39, 0.29) is 17.0 Å². The number of hydrogen-bond acceptors (Lipinski definition) is 4. The Bertz CT molecular complexity index is 645. The number of para-hydroxylation sites is 1. The second kappa shape index (κ2) is 6.08. The van der Waals surface area contributed by atoms with Gasteiger partial charge in [-0.05, 0) is 36.4 Å². The number of aromatic carboxylic acids is 1. The normalized spacial score (nSPS) is 10.4. The van der Waals surface area contributed by atoms with Crippen LogP contribution in [-0.4, -0.2) is 17.7 Å². The maximum absolute atomic E-state index is 12.0. The van der Waals surface area contributed by atoms with Crippen LogP contribution in [0.4, 0.5) is 25.8 Å². The maximum atomic E-state index is 12.0. The number of rotatable bonds is 5. The lowest BCUT2D eigenvalue weighted by atomic mass is 10.1. The zero-order valence-corrected chi connectivity index (χ0v) is 10.7. The van der Waals surface area contributed by atoms with E-state index in [0.717, 1.165) is 0 Å². The first-order valence-electron chi connectivity index (χ1n) is 5.91. The van der Waals surface area contributed by atoms with Crippen LogP contribution >= 0.6 is 0 Å². The Morgan fingerprint density at radius 3 is 2.43 bits per heavy atom. The van der Waals surface area contributed by atoms with Crippen molar-refractivity contribution < 1.29 is 23.4 Å². The molecule has 4 N–H and O–H groups in total. The van der Waals surface area contributed by atoms with Crippen molar-refractivity contribution in [1.82, 2.24) is 0 Å². The van der Waals surface area contributed by atoms with Gasteiger partial charge in [-0.15, -0.1) is 0 Å². The lowest BCUT2D eigenvalue weighted by molar-refractivity contribution is -0.0498. The second-order valence-electron chi connectivity index (χ2n) is 4.10. The van der Waals surface area contributed by atoms with E-state index in [1.165, 1.54) is 30.3 Å². The standard InChI is InChI=1S/C14H12F2N2O3/c15-14(16)21-9-6-4-8(5-7-9)18-11-3-1-2-10(12(11)17)13(19)20/h1-7,14,18H,17H2,(H,19,20). The van der Waals surface area contributed by atoms with Crippen LogP contribution in [0.15, 0.2) is 42.5 Å². The highest BCUT2D eigenvalue weighted by molar-refractivity contribution is 5.97. The van der Waals surface area contributed by atoms with Crippen molar-refractivity contribution in [2.45, 2.75) is 6.61 Å². The molecule has 2 rings (SSSR count). The molecule has 0 atom stereocenters. The third-order valence-corrected chi connectivity index (χ3v) is 2.70. The summed E-state index contributed by atoms with van der Waals surface area (Å²) in [5, 5.41) is 11.9. The average Bonchev–Trinajstić information content (AvgIpc) is 2.42. The van der Waals surface area contributed by atoms with E-state index >= 15 is 0 Å². The topological polar surface area (TPSA) is 84.6 Å². The number of nitrogens with one attached hydrogen (secondary N) is 1. The van der Waals surface area contributed by atoms with E-state index in [9.17, 15) is 13.6 Å². The van der Waals surface area contributed by atoms with E-state index < -0.39 is 12.6 Å². The highest BCUT2D eigenvalue weighted by Crippen LogP contribution is 2.27. The molecule has 0 aliphatic carbocycles. The zero-order valence-electron chi connectivity index (χ0n) is 10.7. The van der Waals surface area contributed by atoms with Crippen LogP contribution in [0.3, 0.4) is 0 Å². The van der Waals surface area contributed by atoms with Gasteiger partial charge >= 0.3 is 12.6 Å². The van der Waals surface area contributed by atoms with Crippen molar-refractivity contribution in [3.63, 3.8) is 0 Å². The van der Waals surface area contributed by atoms with E-state index in [4.69, 9.17) is 10.8 Å². The molecule has 5 nitrogen and oxygen atoms in total. The number of carboxylic acids is 1. The number of halogens is 2. The van der Waals surface area contributed by atoms with Crippen LogP contribution in [0.25, 0.3) is 0 Å². The molecule has 0 aromatic heterocycles. The Morgan fingerprint density at radius 2 is 1.86 bits per heavy atom. The van der Waals surface area contributed by atoms with Gasteiger partial charge in [0.05, 0.1) is 16.9 Å². The fourth-order valence-corrected chi connectivity index (χ4v) is 1.74. The highest BCUT2D eigenvalue weighted by Gasteiger charge is 2.11. The molecule has 21 heavy (non-hydrogen) atoms. The largest absolute Gasteiger partial charge is 0.478 e. The number of anilines is 3. The Morgan fingerprint density at radius 1 is 1.19 bits per heavy atom. The molecule has 0 unspecified atom stereocenters. The number of nitrogen functional groups attached to an aromatic ring is 1. The van der Waals surface area contributed by atoms with Gasteiger partial charge in [-0.25, -0.2) is 4.79 Å². The van der Waals surface area contributed by atoms with Gasteiger partial charge in [0.1, 0.15) is 5.75 Å². The van der Waals surface area contributed by atoms with Crippen molar-refractivity contribution >= 4 is 23.0 Å². The van der Waals surface area contributed by atoms with E-state index in [1.54, 1.807) is 12.1 Å². The first-order valence-corrected chi connectivity index (χ1v) is 5.91. The number of nitrogens with two attached hydrogens (primary N) is 1. The first kappa shape index (κ1) is 14.6. The first-order chi connectivity index (χ1) is 9.97. The summed E-state index contributed by atoms with van der Waals surface area (Å²) in [7, 11) is 0. The fraction of sp³-hybridized carbons (Fsp3) is 0.0714. The van der Waals surface area contributed by atoms with E-state index in [2.05, 4.69) is 10.1 Å². The second-order valence-corrected chi connectivity index (χ2v) is 4.10. The van der Waals surface area contributed by atoms with Gasteiger partial charge in [-0.3, -0.25) is 0 Å². The minimum atomic E-state index is -2.88. The number of benzene rings is 2. The number of carbonyl (C=O) groups is 1. The third kappa shape index (κ3) is 3.59. The lowest BCUT2D eigenvalue weighted by Gasteiger charge is -2.12. The molecule has 0 aliphatic heterocycles. The molecule has 0 heterocycles. The molecule has 0 fully saturated rings. The Balaban J connectivity index is 2.19. The molecule has 7 heteroatoms. The van der Waals surface area contributed by atoms with E-state index in [0.29, 0.717) is 11.4 Å². The van der Waals surface area contributed by atoms with Gasteiger partial charge in [0.25, 0.3) is 0 Å². The van der Waals surface area contributed by atoms with Crippen molar-refractivity contribution in [2.75, 3.05) is 11.1 Å². The van der Waals surface area contributed by atoms with Gasteiger partial charge in [0.2, 0.25) is 0 Å². The minimum absolute atomic E-state index is 0.0161. The average molecular weight is 294 g/mol. The molecular weight excluding hydrogens is 282 g/mol. The van der Waals surface area contributed by atoms with Crippen molar-refractivity contribution in [3.05, 3.63) is 48.0 Å². The molecule has 0 amide bonds. The van der Waals surface area contributed by atoms with Gasteiger partial charge in [0.15, 0.2) is 0 Å². The smallest absolute Gasteiger partial charge is 0.387 e. The fourth-order valence-electron chi connectivity index (χ4n) is 1.74. The van der Waals surface area contributed by atoms with Crippen LogP contribution in [0.1, 0.15) is 10.4 Å². The monoisotopic (exact) mass is 294 g/mol. The minimum Gasteiger partial charge on any atom is -0.478 e. The highest BCUT2D eigenvalue weighted by atomic mass is 19.3. The summed E-state index contributed by atoms with van der Waals surface area (Å²) >= 11 is 0. The zero-order chi connectivity index (χ0) is 15.4. The van der Waals surface area contributed by atoms with E-state index in [1.807, 2.05) is 0 Å². The van der Waals surface area contributed by atoms with Crippen molar-refractivity contribution in [3.8, 4) is 5.75 Å². The summed E-state index contributed by atoms with van der Waals surface area (Å²) in [5.74, 6) is -1.10. The number of alkyl halides is 2. The molecule has 2 aromatic rings. The Labute approximate surface area is 119 Å². The van der Waals surface area contributed by atoms with Crippen molar-refractivity contribution in [1.29, 1.82) is 0 Å². The molecule has 0 bridgehead atoms. The van der Waals surface area contributed by atoms with Crippen LogP contribution in [0.5, 0.6) is 5.75 Å². The summed E-state index contributed by atoms with van der Waals surface area (Å²) in [6.45, 7) is -2.88. The molecule has 110 valence electrons. The van der Waals surface area contributed by atoms with Crippen molar-refractivity contribution in [2.24, 2.45) is 0 Å². The van der Waals surface area contributed by atoms with Gasteiger partial charge < -0.3 is 20.9 Å².